The molecule has 1 unspecified atom stereocenters. The number of methoxy groups -OCH3 is 1. The second-order valence-corrected chi connectivity index (χ2v) is 4.15. The van der Waals surface area contributed by atoms with Crippen LogP contribution < -0.4 is 10.6 Å². The van der Waals surface area contributed by atoms with Crippen LogP contribution in [0.25, 0.3) is 0 Å². The van der Waals surface area contributed by atoms with Gasteiger partial charge in [-0.25, -0.2) is 0 Å². The number of carbonyl (C=O) groups excluding carboxylic acids is 1. The molecule has 1 heterocycles. The third-order valence-electron chi connectivity index (χ3n) is 2.69. The van der Waals surface area contributed by atoms with E-state index in [0.29, 0.717) is 26.3 Å². The molecule has 1 aliphatic rings. The molecule has 0 bridgehead atoms. The van der Waals surface area contributed by atoms with Crippen LogP contribution in [0.4, 0.5) is 0 Å². The highest BCUT2D eigenvalue weighted by Crippen LogP contribution is 1.95. The van der Waals surface area contributed by atoms with Crippen LogP contribution in [0.2, 0.25) is 0 Å². The number of amides is 1. The zero-order valence-electron chi connectivity index (χ0n) is 10.7. The van der Waals surface area contributed by atoms with Crippen molar-refractivity contribution >= 4 is 5.91 Å². The fourth-order valence-corrected chi connectivity index (χ4v) is 1.58. The molecule has 0 saturated carbocycles. The van der Waals surface area contributed by atoms with Gasteiger partial charge in [0.2, 0.25) is 0 Å². The van der Waals surface area contributed by atoms with E-state index in [1.165, 1.54) is 0 Å². The minimum Gasteiger partial charge on any atom is -0.383 e. The Morgan fingerprint density at radius 2 is 2.41 bits per heavy atom. The minimum absolute atomic E-state index is 0.0302. The summed E-state index contributed by atoms with van der Waals surface area (Å²) in [4.78, 5) is 13.8. The maximum Gasteiger partial charge on any atom is 0.250 e. The molecule has 100 valence electrons. The number of carbonyl (C=O) groups is 1. The first kappa shape index (κ1) is 14.4. The highest BCUT2D eigenvalue weighted by Gasteiger charge is 2.20. The van der Waals surface area contributed by atoms with Crippen molar-refractivity contribution in [3.8, 4) is 0 Å². The standard InChI is InChI=1S/C11H23N3O3/c1-14(6-8-16-2)5-3-13-11(15)10-9-12-4-7-17-10/h10,12H,3-9H2,1-2H3,(H,13,15). The Hall–Kier alpha value is -0.690. The van der Waals surface area contributed by atoms with Gasteiger partial charge in [-0.3, -0.25) is 4.79 Å². The summed E-state index contributed by atoms with van der Waals surface area (Å²) in [6.45, 7) is 5.06. The van der Waals surface area contributed by atoms with Crippen LogP contribution in [0.5, 0.6) is 0 Å². The van der Waals surface area contributed by atoms with Crippen molar-refractivity contribution in [2.24, 2.45) is 0 Å². The normalized spacial score (nSPS) is 20.5. The van der Waals surface area contributed by atoms with E-state index in [4.69, 9.17) is 9.47 Å². The van der Waals surface area contributed by atoms with Gasteiger partial charge in [0, 0.05) is 39.8 Å². The molecule has 1 saturated heterocycles. The fraction of sp³-hybridized carbons (Fsp3) is 0.909. The van der Waals surface area contributed by atoms with E-state index in [9.17, 15) is 4.79 Å². The minimum atomic E-state index is -0.340. The second-order valence-electron chi connectivity index (χ2n) is 4.15. The van der Waals surface area contributed by atoms with Gasteiger partial charge in [-0.1, -0.05) is 0 Å². The Bertz CT molecular complexity index is 220. The molecule has 6 nitrogen and oxygen atoms in total. The van der Waals surface area contributed by atoms with Gasteiger partial charge < -0.3 is 25.0 Å². The number of likely N-dealkylation sites (N-methyl/N-ethyl adjacent to an activating group) is 1. The van der Waals surface area contributed by atoms with E-state index in [1.54, 1.807) is 7.11 Å². The van der Waals surface area contributed by atoms with Crippen LogP contribution >= 0.6 is 0 Å². The summed E-state index contributed by atoms with van der Waals surface area (Å²) in [5.41, 5.74) is 0. The number of ether oxygens (including phenoxy) is 2. The van der Waals surface area contributed by atoms with Crippen molar-refractivity contribution in [2.45, 2.75) is 6.10 Å². The zero-order chi connectivity index (χ0) is 12.5. The van der Waals surface area contributed by atoms with Crippen LogP contribution in [0.15, 0.2) is 0 Å². The van der Waals surface area contributed by atoms with E-state index >= 15 is 0 Å². The highest BCUT2D eigenvalue weighted by molar-refractivity contribution is 5.81. The molecule has 2 N–H and O–H groups in total. The van der Waals surface area contributed by atoms with Crippen molar-refractivity contribution in [1.82, 2.24) is 15.5 Å². The average molecular weight is 245 g/mol. The number of hydrogen-bond donors (Lipinski definition) is 2. The summed E-state index contributed by atoms with van der Waals surface area (Å²) in [6.07, 6.45) is -0.340. The molecule has 17 heavy (non-hydrogen) atoms. The monoisotopic (exact) mass is 245 g/mol. The molecular formula is C11H23N3O3. The summed E-state index contributed by atoms with van der Waals surface area (Å²) in [5.74, 6) is -0.0302. The molecule has 1 aliphatic heterocycles. The van der Waals surface area contributed by atoms with Gasteiger partial charge in [0.1, 0.15) is 6.10 Å². The maximum atomic E-state index is 11.7. The first-order chi connectivity index (χ1) is 8.24. The molecule has 6 heteroatoms. The van der Waals surface area contributed by atoms with Gasteiger partial charge in [0.05, 0.1) is 13.2 Å². The molecule has 0 aromatic carbocycles. The molecule has 1 fully saturated rings. The van der Waals surface area contributed by atoms with Gasteiger partial charge >= 0.3 is 0 Å². The predicted molar refractivity (Wildman–Crippen MR) is 65.0 cm³/mol. The fourth-order valence-electron chi connectivity index (χ4n) is 1.58. The molecule has 0 aromatic heterocycles. The number of nitrogens with one attached hydrogen (secondary N) is 2. The van der Waals surface area contributed by atoms with E-state index in [-0.39, 0.29) is 12.0 Å². The van der Waals surface area contributed by atoms with Crippen LogP contribution in [0.1, 0.15) is 0 Å². The highest BCUT2D eigenvalue weighted by atomic mass is 16.5. The lowest BCUT2D eigenvalue weighted by atomic mass is 10.3. The number of morpholine rings is 1. The Kier molecular flexibility index (Phi) is 7.11. The molecule has 0 aromatic rings. The summed E-state index contributed by atoms with van der Waals surface area (Å²) in [7, 11) is 3.69. The third-order valence-corrected chi connectivity index (χ3v) is 2.69. The van der Waals surface area contributed by atoms with Crippen LogP contribution in [-0.4, -0.2) is 77.0 Å². The lowest BCUT2D eigenvalue weighted by Crippen LogP contribution is -2.49. The largest absolute Gasteiger partial charge is 0.383 e. The second kappa shape index (κ2) is 8.41. The van der Waals surface area contributed by atoms with Crippen molar-refractivity contribution < 1.29 is 14.3 Å². The van der Waals surface area contributed by atoms with Gasteiger partial charge in [-0.15, -0.1) is 0 Å². The Morgan fingerprint density at radius 1 is 1.59 bits per heavy atom. The van der Waals surface area contributed by atoms with Gasteiger partial charge in [0.25, 0.3) is 5.91 Å². The zero-order valence-corrected chi connectivity index (χ0v) is 10.7. The van der Waals surface area contributed by atoms with Crippen molar-refractivity contribution in [3.63, 3.8) is 0 Å². The summed E-state index contributed by atoms with van der Waals surface area (Å²) >= 11 is 0. The van der Waals surface area contributed by atoms with Crippen molar-refractivity contribution in [1.29, 1.82) is 0 Å². The number of nitrogens with zero attached hydrogens (tertiary/aromatic N) is 1. The molecule has 1 rings (SSSR count). The Labute approximate surface area is 103 Å². The van der Waals surface area contributed by atoms with Crippen LogP contribution in [0, 0.1) is 0 Å². The first-order valence-corrected chi connectivity index (χ1v) is 6.01. The third kappa shape index (κ3) is 5.97. The van der Waals surface area contributed by atoms with Crippen molar-refractivity contribution in [2.75, 3.05) is 60.1 Å². The smallest absolute Gasteiger partial charge is 0.250 e. The first-order valence-electron chi connectivity index (χ1n) is 6.01. The maximum absolute atomic E-state index is 11.7. The summed E-state index contributed by atoms with van der Waals surface area (Å²) in [5, 5.41) is 6.00. The number of rotatable bonds is 7. The average Bonchev–Trinajstić information content (AvgIpc) is 2.37. The lowest BCUT2D eigenvalue weighted by molar-refractivity contribution is -0.134. The number of hydrogen-bond acceptors (Lipinski definition) is 5. The summed E-state index contributed by atoms with van der Waals surface area (Å²) < 4.78 is 10.3. The molecule has 1 atom stereocenters. The van der Waals surface area contributed by atoms with E-state index in [2.05, 4.69) is 15.5 Å². The van der Waals surface area contributed by atoms with Gasteiger partial charge in [-0.05, 0) is 7.05 Å². The molecule has 0 spiro atoms. The molecule has 0 aliphatic carbocycles. The lowest BCUT2D eigenvalue weighted by Gasteiger charge is -2.23. The van der Waals surface area contributed by atoms with Crippen LogP contribution in [0.3, 0.4) is 0 Å². The van der Waals surface area contributed by atoms with Gasteiger partial charge in [0.15, 0.2) is 0 Å². The topological polar surface area (TPSA) is 62.8 Å². The van der Waals surface area contributed by atoms with E-state index in [1.807, 2.05) is 7.05 Å². The van der Waals surface area contributed by atoms with E-state index in [0.717, 1.165) is 19.6 Å². The molecular weight excluding hydrogens is 222 g/mol. The van der Waals surface area contributed by atoms with Crippen LogP contribution in [-0.2, 0) is 14.3 Å². The predicted octanol–water partition coefficient (Wildman–Crippen LogP) is -1.33. The SMILES string of the molecule is COCCN(C)CCNC(=O)C1CNCCO1. The molecule has 0 radical (unpaired) electrons. The quantitative estimate of drug-likeness (QED) is 0.582. The van der Waals surface area contributed by atoms with Gasteiger partial charge in [-0.2, -0.15) is 0 Å². The Balaban J connectivity index is 2.06. The summed E-state index contributed by atoms with van der Waals surface area (Å²) in [6, 6.07) is 0. The Morgan fingerprint density at radius 3 is 3.06 bits per heavy atom. The van der Waals surface area contributed by atoms with Crippen molar-refractivity contribution in [3.05, 3.63) is 0 Å². The molecule has 1 amide bonds. The van der Waals surface area contributed by atoms with E-state index < -0.39 is 0 Å².